The maximum atomic E-state index is 12.2. The standard InChI is InChI=1S/C18H17FN2O3/c19-24-18(22)16-11-17(23-13-15-9-5-2-6-10-15)21(20-16)12-14-7-3-1-4-8-14/h1-11,16,20H,12-13H2. The van der Waals surface area contributed by atoms with Crippen LogP contribution in [0.4, 0.5) is 4.53 Å². The van der Waals surface area contributed by atoms with E-state index in [1.54, 1.807) is 5.01 Å². The highest BCUT2D eigenvalue weighted by Crippen LogP contribution is 2.19. The molecule has 0 spiro atoms. The second kappa shape index (κ2) is 7.61. The molecule has 0 fully saturated rings. The first-order chi connectivity index (χ1) is 11.8. The highest BCUT2D eigenvalue weighted by atomic mass is 19.3. The minimum atomic E-state index is -1.01. The second-order valence-corrected chi connectivity index (χ2v) is 5.35. The number of halogens is 1. The molecular weight excluding hydrogens is 311 g/mol. The Morgan fingerprint density at radius 2 is 1.67 bits per heavy atom. The number of hydrazine groups is 1. The van der Waals surface area contributed by atoms with Crippen LogP contribution < -0.4 is 5.43 Å². The summed E-state index contributed by atoms with van der Waals surface area (Å²) in [6, 6.07) is 18.4. The summed E-state index contributed by atoms with van der Waals surface area (Å²) < 4.78 is 18.0. The van der Waals surface area contributed by atoms with Crippen molar-refractivity contribution in [2.75, 3.05) is 0 Å². The molecule has 0 saturated heterocycles. The molecule has 0 saturated carbocycles. The lowest BCUT2D eigenvalue weighted by Crippen LogP contribution is -2.41. The Kier molecular flexibility index (Phi) is 5.08. The molecule has 124 valence electrons. The van der Waals surface area contributed by atoms with Gasteiger partial charge in [-0.25, -0.2) is 10.2 Å². The molecule has 24 heavy (non-hydrogen) atoms. The number of carbonyl (C=O) groups is 1. The topological polar surface area (TPSA) is 50.8 Å². The monoisotopic (exact) mass is 328 g/mol. The maximum Gasteiger partial charge on any atom is 0.371 e. The molecule has 1 heterocycles. The number of nitrogens with one attached hydrogen (secondary N) is 1. The summed E-state index contributed by atoms with van der Waals surface area (Å²) in [5, 5.41) is 1.67. The summed E-state index contributed by atoms with van der Waals surface area (Å²) in [5.74, 6) is -0.551. The molecule has 1 atom stereocenters. The van der Waals surface area contributed by atoms with Crippen molar-refractivity contribution in [3.05, 3.63) is 83.7 Å². The Labute approximate surface area is 139 Å². The molecule has 1 unspecified atom stereocenters. The van der Waals surface area contributed by atoms with Gasteiger partial charge < -0.3 is 4.74 Å². The van der Waals surface area contributed by atoms with Crippen LogP contribution in [0.3, 0.4) is 0 Å². The number of benzene rings is 2. The third-order valence-corrected chi connectivity index (χ3v) is 3.61. The second-order valence-electron chi connectivity index (χ2n) is 5.35. The van der Waals surface area contributed by atoms with Gasteiger partial charge in [0.05, 0.1) is 6.54 Å². The van der Waals surface area contributed by atoms with E-state index in [2.05, 4.69) is 10.4 Å². The molecule has 1 aliphatic heterocycles. The Morgan fingerprint density at radius 1 is 1.04 bits per heavy atom. The van der Waals surface area contributed by atoms with Gasteiger partial charge in [-0.1, -0.05) is 60.7 Å². The number of hydrogen-bond donors (Lipinski definition) is 1. The molecule has 5 nitrogen and oxygen atoms in total. The van der Waals surface area contributed by atoms with Crippen molar-refractivity contribution in [2.45, 2.75) is 19.2 Å². The van der Waals surface area contributed by atoms with Gasteiger partial charge in [0.25, 0.3) is 0 Å². The van der Waals surface area contributed by atoms with Gasteiger partial charge in [-0.3, -0.25) is 9.95 Å². The lowest BCUT2D eigenvalue weighted by molar-refractivity contribution is -0.185. The number of ether oxygens (including phenoxy) is 1. The summed E-state index contributed by atoms with van der Waals surface area (Å²) in [5.41, 5.74) is 4.89. The molecule has 1 N–H and O–H groups in total. The summed E-state index contributed by atoms with van der Waals surface area (Å²) in [6.45, 7) is 0.814. The fourth-order valence-electron chi connectivity index (χ4n) is 2.42. The zero-order valence-electron chi connectivity index (χ0n) is 12.9. The van der Waals surface area contributed by atoms with E-state index in [1.165, 1.54) is 6.08 Å². The van der Waals surface area contributed by atoms with Crippen molar-refractivity contribution in [1.29, 1.82) is 0 Å². The number of carbonyl (C=O) groups excluding carboxylic acids is 1. The molecule has 0 aromatic heterocycles. The zero-order valence-corrected chi connectivity index (χ0v) is 12.9. The van der Waals surface area contributed by atoms with Crippen LogP contribution in [0.5, 0.6) is 0 Å². The fraction of sp³-hybridized carbons (Fsp3) is 0.167. The SMILES string of the molecule is O=C(OF)C1C=C(OCc2ccccc2)N(Cc2ccccc2)N1. The lowest BCUT2D eigenvalue weighted by atomic mass is 10.2. The van der Waals surface area contributed by atoms with Crippen LogP contribution in [0, 0.1) is 0 Å². The highest BCUT2D eigenvalue weighted by molar-refractivity contribution is 5.78. The number of rotatable bonds is 6. The van der Waals surface area contributed by atoms with E-state index in [1.807, 2.05) is 60.7 Å². The van der Waals surface area contributed by atoms with Crippen molar-refractivity contribution in [2.24, 2.45) is 0 Å². The highest BCUT2D eigenvalue weighted by Gasteiger charge is 2.31. The molecule has 2 aromatic carbocycles. The van der Waals surface area contributed by atoms with E-state index in [4.69, 9.17) is 4.74 Å². The molecule has 1 aliphatic rings. The van der Waals surface area contributed by atoms with E-state index in [-0.39, 0.29) is 0 Å². The molecule has 0 bridgehead atoms. The van der Waals surface area contributed by atoms with E-state index in [0.29, 0.717) is 19.0 Å². The molecule has 0 aliphatic carbocycles. The van der Waals surface area contributed by atoms with Crippen LogP contribution in [0.1, 0.15) is 11.1 Å². The Balaban J connectivity index is 1.71. The fourth-order valence-corrected chi connectivity index (χ4v) is 2.42. The maximum absolute atomic E-state index is 12.2. The molecule has 0 amide bonds. The lowest BCUT2D eigenvalue weighted by Gasteiger charge is -2.23. The van der Waals surface area contributed by atoms with Crippen molar-refractivity contribution in [1.82, 2.24) is 10.4 Å². The van der Waals surface area contributed by atoms with Gasteiger partial charge in [-0.15, -0.1) is 0 Å². The summed E-state index contributed by atoms with van der Waals surface area (Å²) in [4.78, 5) is 14.8. The van der Waals surface area contributed by atoms with Crippen LogP contribution in [0.15, 0.2) is 72.6 Å². The molecular formula is C18H17FN2O3. The number of hydrogen-bond acceptors (Lipinski definition) is 5. The van der Waals surface area contributed by atoms with Gasteiger partial charge in [0.1, 0.15) is 6.61 Å². The van der Waals surface area contributed by atoms with E-state index >= 15 is 0 Å². The number of nitrogens with zero attached hydrogens (tertiary/aromatic N) is 1. The van der Waals surface area contributed by atoms with E-state index in [9.17, 15) is 9.32 Å². The van der Waals surface area contributed by atoms with Crippen LogP contribution in [0.25, 0.3) is 0 Å². The van der Waals surface area contributed by atoms with Crippen molar-refractivity contribution in [3.63, 3.8) is 0 Å². The Hall–Kier alpha value is -2.86. The quantitative estimate of drug-likeness (QED) is 0.884. The van der Waals surface area contributed by atoms with Crippen LogP contribution in [-0.2, 0) is 27.6 Å². The molecule has 2 aromatic rings. The first-order valence-electron chi connectivity index (χ1n) is 7.55. The van der Waals surface area contributed by atoms with Crippen molar-refractivity contribution < 1.29 is 19.0 Å². The zero-order chi connectivity index (χ0) is 16.8. The van der Waals surface area contributed by atoms with Gasteiger partial charge >= 0.3 is 5.97 Å². The molecule has 3 rings (SSSR count). The third-order valence-electron chi connectivity index (χ3n) is 3.61. The van der Waals surface area contributed by atoms with Crippen LogP contribution in [0.2, 0.25) is 0 Å². The Bertz CT molecular complexity index is 707. The largest absolute Gasteiger partial charge is 0.473 e. The van der Waals surface area contributed by atoms with Crippen molar-refractivity contribution in [3.8, 4) is 0 Å². The van der Waals surface area contributed by atoms with Gasteiger partial charge in [-0.2, -0.15) is 0 Å². The first kappa shape index (κ1) is 16.0. The minimum absolute atomic E-state index is 0.344. The van der Waals surface area contributed by atoms with E-state index in [0.717, 1.165) is 11.1 Å². The van der Waals surface area contributed by atoms with Crippen LogP contribution >= 0.6 is 0 Å². The van der Waals surface area contributed by atoms with Crippen LogP contribution in [-0.4, -0.2) is 17.0 Å². The first-order valence-corrected chi connectivity index (χ1v) is 7.55. The summed E-state index contributed by atoms with van der Waals surface area (Å²) in [7, 11) is 0. The van der Waals surface area contributed by atoms with Crippen molar-refractivity contribution >= 4 is 5.97 Å². The molecule has 6 heteroatoms. The predicted octanol–water partition coefficient (Wildman–Crippen LogP) is 2.86. The summed E-state index contributed by atoms with van der Waals surface area (Å²) >= 11 is 0. The minimum Gasteiger partial charge on any atom is -0.473 e. The third kappa shape index (κ3) is 3.91. The van der Waals surface area contributed by atoms with Gasteiger partial charge in [-0.05, 0) is 11.1 Å². The average Bonchev–Trinajstić information content (AvgIpc) is 3.04. The average molecular weight is 328 g/mol. The smallest absolute Gasteiger partial charge is 0.371 e. The van der Waals surface area contributed by atoms with Gasteiger partial charge in [0, 0.05) is 10.6 Å². The predicted molar refractivity (Wildman–Crippen MR) is 85.4 cm³/mol. The molecule has 0 radical (unpaired) electrons. The van der Waals surface area contributed by atoms with Gasteiger partial charge in [0.2, 0.25) is 5.88 Å². The van der Waals surface area contributed by atoms with E-state index < -0.39 is 12.0 Å². The normalized spacial score (nSPS) is 16.6. The Morgan fingerprint density at radius 3 is 2.29 bits per heavy atom. The van der Waals surface area contributed by atoms with Gasteiger partial charge in [0.15, 0.2) is 6.04 Å². The summed E-state index contributed by atoms with van der Waals surface area (Å²) in [6.07, 6.45) is 1.51.